The second-order valence-electron chi connectivity index (χ2n) is 3.83. The summed E-state index contributed by atoms with van der Waals surface area (Å²) in [4.78, 5) is 0. The van der Waals surface area contributed by atoms with Crippen LogP contribution in [0.3, 0.4) is 0 Å². The van der Waals surface area contributed by atoms with Gasteiger partial charge >= 0.3 is 0 Å². The largest absolute Gasteiger partial charge is 0.399 e. The van der Waals surface area contributed by atoms with Crippen LogP contribution in [0.25, 0.3) is 0 Å². The Morgan fingerprint density at radius 1 is 1.06 bits per heavy atom. The Hall–Kier alpha value is -2.27. The average Bonchev–Trinajstić information content (AvgIpc) is 2.30. The average molecular weight is 225 g/mol. The van der Waals surface area contributed by atoms with Crippen molar-refractivity contribution in [2.45, 2.75) is 6.92 Å². The third-order valence-corrected chi connectivity index (χ3v) is 2.43. The lowest BCUT2D eigenvalue weighted by molar-refractivity contribution is 0.627. The van der Waals surface area contributed by atoms with Crippen LogP contribution in [0.2, 0.25) is 0 Å². The second kappa shape index (κ2) is 4.71. The second-order valence-corrected chi connectivity index (χ2v) is 3.83. The summed E-state index contributed by atoms with van der Waals surface area (Å²) in [6.45, 7) is 1.91. The number of nitrogens with two attached hydrogens (primary N) is 1. The number of hydrogen-bond acceptors (Lipinski definition) is 1. The molecule has 0 bridgehead atoms. The van der Waals surface area contributed by atoms with Crippen molar-refractivity contribution in [1.29, 1.82) is 0 Å². The van der Waals surface area contributed by atoms with Crippen molar-refractivity contribution in [2.24, 2.45) is 0 Å². The summed E-state index contributed by atoms with van der Waals surface area (Å²) in [5.74, 6) is 5.65. The Balaban J connectivity index is 2.36. The molecule has 2 heteroatoms. The van der Waals surface area contributed by atoms with E-state index in [1.807, 2.05) is 19.1 Å². The van der Waals surface area contributed by atoms with E-state index in [9.17, 15) is 4.39 Å². The first-order valence-corrected chi connectivity index (χ1v) is 5.29. The zero-order valence-corrected chi connectivity index (χ0v) is 9.50. The predicted molar refractivity (Wildman–Crippen MR) is 68.0 cm³/mol. The maximum Gasteiger partial charge on any atom is 0.124 e. The SMILES string of the molecule is Cc1ccc(F)cc1C#Cc1cccc(N)c1. The monoisotopic (exact) mass is 225 g/mol. The Morgan fingerprint density at radius 2 is 1.88 bits per heavy atom. The molecule has 1 nitrogen and oxygen atoms in total. The predicted octanol–water partition coefficient (Wildman–Crippen LogP) is 3.12. The van der Waals surface area contributed by atoms with E-state index in [1.165, 1.54) is 12.1 Å². The summed E-state index contributed by atoms with van der Waals surface area (Å²) >= 11 is 0. The molecule has 2 aromatic carbocycles. The maximum absolute atomic E-state index is 13.0. The fraction of sp³-hybridized carbons (Fsp3) is 0.0667. The fourth-order valence-corrected chi connectivity index (χ4v) is 1.48. The van der Waals surface area contributed by atoms with Gasteiger partial charge in [0.1, 0.15) is 5.82 Å². The van der Waals surface area contributed by atoms with Gasteiger partial charge in [-0.3, -0.25) is 0 Å². The van der Waals surface area contributed by atoms with Gasteiger partial charge in [0.25, 0.3) is 0 Å². The molecular weight excluding hydrogens is 213 g/mol. The summed E-state index contributed by atoms with van der Waals surface area (Å²) in [6.07, 6.45) is 0. The normalized spacial score (nSPS) is 9.53. The van der Waals surface area contributed by atoms with Crippen LogP contribution in [0.15, 0.2) is 42.5 Å². The molecule has 0 unspecified atom stereocenters. The van der Waals surface area contributed by atoms with Gasteiger partial charge in [-0.25, -0.2) is 4.39 Å². The highest BCUT2D eigenvalue weighted by molar-refractivity contribution is 5.50. The van der Waals surface area contributed by atoms with Crippen molar-refractivity contribution >= 4 is 5.69 Å². The molecule has 0 aliphatic rings. The first-order valence-electron chi connectivity index (χ1n) is 5.29. The highest BCUT2D eigenvalue weighted by atomic mass is 19.1. The van der Waals surface area contributed by atoms with Crippen LogP contribution in [-0.2, 0) is 0 Å². The van der Waals surface area contributed by atoms with E-state index in [-0.39, 0.29) is 5.82 Å². The van der Waals surface area contributed by atoms with Crippen molar-refractivity contribution in [3.63, 3.8) is 0 Å². The van der Waals surface area contributed by atoms with Gasteiger partial charge in [-0.15, -0.1) is 0 Å². The molecule has 0 fully saturated rings. The van der Waals surface area contributed by atoms with E-state index >= 15 is 0 Å². The van der Waals surface area contributed by atoms with Crippen molar-refractivity contribution in [3.05, 3.63) is 65.0 Å². The zero-order valence-electron chi connectivity index (χ0n) is 9.50. The van der Waals surface area contributed by atoms with Crippen molar-refractivity contribution < 1.29 is 4.39 Å². The highest BCUT2D eigenvalue weighted by Gasteiger charge is 1.96. The smallest absolute Gasteiger partial charge is 0.124 e. The van der Waals surface area contributed by atoms with Crippen molar-refractivity contribution in [1.82, 2.24) is 0 Å². The molecule has 0 spiro atoms. The first kappa shape index (κ1) is 11.2. The van der Waals surface area contributed by atoms with Gasteiger partial charge < -0.3 is 5.73 Å². The Morgan fingerprint density at radius 3 is 2.65 bits per heavy atom. The van der Waals surface area contributed by atoms with Gasteiger partial charge in [0.05, 0.1) is 0 Å². The van der Waals surface area contributed by atoms with Crippen molar-refractivity contribution in [3.8, 4) is 11.8 Å². The molecule has 0 atom stereocenters. The summed E-state index contributed by atoms with van der Waals surface area (Å²) in [5.41, 5.74) is 8.82. The minimum atomic E-state index is -0.271. The molecule has 2 aromatic rings. The Kier molecular flexibility index (Phi) is 3.11. The first-order chi connectivity index (χ1) is 8.15. The van der Waals surface area contributed by atoms with Crippen LogP contribution in [0.1, 0.15) is 16.7 Å². The third-order valence-electron chi connectivity index (χ3n) is 2.43. The number of benzene rings is 2. The number of halogens is 1. The van der Waals surface area contributed by atoms with Crippen molar-refractivity contribution in [2.75, 3.05) is 5.73 Å². The summed E-state index contributed by atoms with van der Waals surface area (Å²) in [7, 11) is 0. The van der Waals surface area contributed by atoms with E-state index in [2.05, 4.69) is 11.8 Å². The maximum atomic E-state index is 13.0. The van der Waals surface area contributed by atoms with E-state index in [1.54, 1.807) is 18.2 Å². The van der Waals surface area contributed by atoms with Crippen LogP contribution in [0.5, 0.6) is 0 Å². The van der Waals surface area contributed by atoms with Gasteiger partial charge in [-0.05, 0) is 42.8 Å². The molecule has 17 heavy (non-hydrogen) atoms. The molecule has 0 amide bonds. The molecule has 0 saturated carbocycles. The van der Waals surface area contributed by atoms with Gasteiger partial charge in [-0.2, -0.15) is 0 Å². The molecule has 0 aliphatic heterocycles. The molecule has 0 heterocycles. The molecule has 0 radical (unpaired) electrons. The molecular formula is C15H12FN. The van der Waals surface area contributed by atoms with Crippen LogP contribution in [0, 0.1) is 24.6 Å². The highest BCUT2D eigenvalue weighted by Crippen LogP contribution is 2.10. The molecule has 2 N–H and O–H groups in total. The topological polar surface area (TPSA) is 26.0 Å². The Labute approximate surface area is 100 Å². The van der Waals surface area contributed by atoms with Crippen LogP contribution < -0.4 is 5.73 Å². The van der Waals surface area contributed by atoms with Crippen LogP contribution in [-0.4, -0.2) is 0 Å². The molecule has 84 valence electrons. The van der Waals surface area contributed by atoms with E-state index < -0.39 is 0 Å². The number of hydrogen-bond donors (Lipinski definition) is 1. The van der Waals surface area contributed by atoms with Crippen LogP contribution in [0.4, 0.5) is 10.1 Å². The standard InChI is InChI=1S/C15H12FN/c1-11-5-8-14(16)10-13(11)7-6-12-3-2-4-15(17)9-12/h2-5,8-10H,17H2,1H3. The van der Waals surface area contributed by atoms with Gasteiger partial charge in [0.15, 0.2) is 0 Å². The Bertz CT molecular complexity index is 606. The molecule has 2 rings (SSSR count). The van der Waals surface area contributed by atoms with Crippen LogP contribution >= 0.6 is 0 Å². The lowest BCUT2D eigenvalue weighted by Gasteiger charge is -1.97. The summed E-state index contributed by atoms with van der Waals surface area (Å²) < 4.78 is 13.0. The molecule has 0 aliphatic carbocycles. The number of anilines is 1. The minimum absolute atomic E-state index is 0.271. The lowest BCUT2D eigenvalue weighted by atomic mass is 10.1. The third kappa shape index (κ3) is 2.85. The zero-order chi connectivity index (χ0) is 12.3. The lowest BCUT2D eigenvalue weighted by Crippen LogP contribution is -1.86. The minimum Gasteiger partial charge on any atom is -0.399 e. The number of nitrogen functional groups attached to an aromatic ring is 1. The fourth-order valence-electron chi connectivity index (χ4n) is 1.48. The summed E-state index contributed by atoms with van der Waals surface area (Å²) in [6, 6.07) is 11.9. The number of aryl methyl sites for hydroxylation is 1. The number of rotatable bonds is 0. The van der Waals surface area contributed by atoms with E-state index in [0.717, 1.165) is 11.1 Å². The molecule has 0 saturated heterocycles. The quantitative estimate of drug-likeness (QED) is 0.541. The van der Waals surface area contributed by atoms with E-state index in [4.69, 9.17) is 5.73 Å². The van der Waals surface area contributed by atoms with Gasteiger partial charge in [0.2, 0.25) is 0 Å². The van der Waals surface area contributed by atoms with Gasteiger partial charge in [-0.1, -0.05) is 24.0 Å². The summed E-state index contributed by atoms with van der Waals surface area (Å²) in [5, 5.41) is 0. The van der Waals surface area contributed by atoms with Gasteiger partial charge in [0, 0.05) is 16.8 Å². The molecule has 0 aromatic heterocycles. The van der Waals surface area contributed by atoms with E-state index in [0.29, 0.717) is 11.3 Å².